The quantitative estimate of drug-likeness (QED) is 0.753. The summed E-state index contributed by atoms with van der Waals surface area (Å²) in [5.74, 6) is 0. The van der Waals surface area contributed by atoms with E-state index in [1.807, 2.05) is 35.2 Å². The summed E-state index contributed by atoms with van der Waals surface area (Å²) in [5.41, 5.74) is 1.07. The molecule has 1 heterocycles. The number of nitrogens with zero attached hydrogens (tertiary/aromatic N) is 2. The number of thiocarbonyl (C=S) groups is 1. The van der Waals surface area contributed by atoms with Gasteiger partial charge in [-0.3, -0.25) is 4.90 Å². The number of aliphatic hydroxyl groups is 1. The van der Waals surface area contributed by atoms with Crippen LogP contribution in [0.4, 0.5) is 5.69 Å². The van der Waals surface area contributed by atoms with Gasteiger partial charge < -0.3 is 15.3 Å². The van der Waals surface area contributed by atoms with E-state index in [0.29, 0.717) is 13.2 Å². The van der Waals surface area contributed by atoms with E-state index in [4.69, 9.17) is 17.3 Å². The molecule has 4 nitrogen and oxygen atoms in total. The lowest BCUT2D eigenvalue weighted by Crippen LogP contribution is -2.56. The predicted octanol–water partition coefficient (Wildman–Crippen LogP) is 0.590. The first-order valence-corrected chi connectivity index (χ1v) is 5.65. The second-order valence-electron chi connectivity index (χ2n) is 3.66. The smallest absolute Gasteiger partial charge is 0.175 e. The molecular weight excluding hydrogens is 222 g/mol. The van der Waals surface area contributed by atoms with Gasteiger partial charge in [-0.1, -0.05) is 18.2 Å². The Bertz CT molecular complexity index is 358. The molecule has 0 amide bonds. The summed E-state index contributed by atoms with van der Waals surface area (Å²) in [6, 6.07) is 10.0. The molecule has 1 aromatic rings. The molecule has 0 radical (unpaired) electrons. The lowest BCUT2D eigenvalue weighted by molar-refractivity contribution is 0.189. The van der Waals surface area contributed by atoms with Crippen molar-refractivity contribution in [3.63, 3.8) is 0 Å². The van der Waals surface area contributed by atoms with E-state index in [0.717, 1.165) is 17.5 Å². The van der Waals surface area contributed by atoms with Crippen LogP contribution in [0.15, 0.2) is 30.3 Å². The number of para-hydroxylation sites is 1. The highest BCUT2D eigenvalue weighted by Gasteiger charge is 2.20. The van der Waals surface area contributed by atoms with Crippen molar-refractivity contribution in [2.45, 2.75) is 0 Å². The molecule has 1 aliphatic rings. The molecule has 0 bridgehead atoms. The van der Waals surface area contributed by atoms with Gasteiger partial charge in [-0.2, -0.15) is 0 Å². The molecule has 2 rings (SSSR count). The molecule has 1 aliphatic heterocycles. The van der Waals surface area contributed by atoms with Gasteiger partial charge in [-0.25, -0.2) is 0 Å². The van der Waals surface area contributed by atoms with Crippen molar-refractivity contribution >= 4 is 23.0 Å². The number of nitrogens with one attached hydrogen (secondary N) is 1. The number of hydrogen-bond acceptors (Lipinski definition) is 3. The van der Waals surface area contributed by atoms with Gasteiger partial charge in [0.05, 0.1) is 19.9 Å². The molecule has 5 heteroatoms. The van der Waals surface area contributed by atoms with Gasteiger partial charge in [-0.15, -0.1) is 0 Å². The van der Waals surface area contributed by atoms with Crippen LogP contribution >= 0.6 is 12.2 Å². The Hall–Kier alpha value is -1.17. The van der Waals surface area contributed by atoms with E-state index in [1.165, 1.54) is 0 Å². The molecule has 0 aromatic heterocycles. The lowest BCUT2D eigenvalue weighted by atomic mass is 10.3. The minimum atomic E-state index is 0.164. The third-order valence-electron chi connectivity index (χ3n) is 2.52. The minimum absolute atomic E-state index is 0.164. The fraction of sp³-hybridized carbons (Fsp3) is 0.364. The zero-order valence-corrected chi connectivity index (χ0v) is 9.78. The molecule has 0 spiro atoms. The maximum Gasteiger partial charge on any atom is 0.175 e. The van der Waals surface area contributed by atoms with Crippen LogP contribution in [0, 0.1) is 0 Å². The molecule has 86 valence electrons. The summed E-state index contributed by atoms with van der Waals surface area (Å²) in [6.45, 7) is 2.23. The van der Waals surface area contributed by atoms with Crippen molar-refractivity contribution in [3.8, 4) is 0 Å². The normalized spacial score (nSPS) is 17.3. The fourth-order valence-corrected chi connectivity index (χ4v) is 1.91. The number of hydrogen-bond donors (Lipinski definition) is 2. The number of aliphatic hydroxyl groups excluding tert-OH is 1. The van der Waals surface area contributed by atoms with E-state index in [1.54, 1.807) is 0 Å². The highest BCUT2D eigenvalue weighted by molar-refractivity contribution is 7.80. The monoisotopic (exact) mass is 237 g/mol. The highest BCUT2D eigenvalue weighted by Crippen LogP contribution is 2.15. The Labute approximate surface area is 100 Å². The van der Waals surface area contributed by atoms with E-state index >= 15 is 0 Å². The summed E-state index contributed by atoms with van der Waals surface area (Å²) < 4.78 is 0. The number of β-amino-alcohol motifs (C(OH)–C–C–N with tert-alkyl or cyclic N) is 1. The third kappa shape index (κ3) is 2.49. The van der Waals surface area contributed by atoms with Gasteiger partial charge in [0.25, 0.3) is 0 Å². The van der Waals surface area contributed by atoms with E-state index in [-0.39, 0.29) is 6.61 Å². The zero-order chi connectivity index (χ0) is 11.4. The summed E-state index contributed by atoms with van der Waals surface area (Å²) in [5, 5.41) is 12.8. The van der Waals surface area contributed by atoms with Crippen LogP contribution in [0.1, 0.15) is 0 Å². The summed E-state index contributed by atoms with van der Waals surface area (Å²) in [4.78, 5) is 4.12. The second kappa shape index (κ2) is 5.25. The topological polar surface area (TPSA) is 38.7 Å². The molecule has 0 aliphatic carbocycles. The fourth-order valence-electron chi connectivity index (χ4n) is 1.69. The first-order valence-electron chi connectivity index (χ1n) is 5.25. The van der Waals surface area contributed by atoms with E-state index in [9.17, 15) is 0 Å². The van der Waals surface area contributed by atoms with Crippen LogP contribution in [-0.2, 0) is 0 Å². The summed E-state index contributed by atoms with van der Waals surface area (Å²) >= 11 is 5.27. The van der Waals surface area contributed by atoms with Gasteiger partial charge in [-0.05, 0) is 24.4 Å². The first-order chi connectivity index (χ1) is 7.81. The van der Waals surface area contributed by atoms with Crippen LogP contribution < -0.4 is 10.2 Å². The predicted molar refractivity (Wildman–Crippen MR) is 68.2 cm³/mol. The van der Waals surface area contributed by atoms with Gasteiger partial charge in [0.15, 0.2) is 5.11 Å². The minimum Gasteiger partial charge on any atom is -0.395 e. The van der Waals surface area contributed by atoms with Crippen molar-refractivity contribution in [2.24, 2.45) is 0 Å². The Morgan fingerprint density at radius 2 is 2.06 bits per heavy atom. The van der Waals surface area contributed by atoms with Crippen LogP contribution in [0.2, 0.25) is 0 Å². The van der Waals surface area contributed by atoms with Crippen molar-refractivity contribution in [3.05, 3.63) is 30.3 Å². The second-order valence-corrected chi connectivity index (χ2v) is 4.05. The average molecular weight is 237 g/mol. The summed E-state index contributed by atoms with van der Waals surface area (Å²) in [7, 11) is 0. The standard InChI is InChI=1S/C11H15N3OS/c15-7-6-13-8-12-11(16)14(9-13)10-4-2-1-3-5-10/h1-5,15H,6-9H2,(H,12,16). The van der Waals surface area contributed by atoms with Gasteiger partial charge in [0, 0.05) is 12.2 Å². The molecule has 16 heavy (non-hydrogen) atoms. The van der Waals surface area contributed by atoms with Gasteiger partial charge >= 0.3 is 0 Å². The molecule has 2 N–H and O–H groups in total. The molecule has 1 fully saturated rings. The van der Waals surface area contributed by atoms with Crippen LogP contribution in [0.5, 0.6) is 0 Å². The SMILES string of the molecule is OCCN1CNC(=S)N(c2ccccc2)C1. The Morgan fingerprint density at radius 1 is 1.31 bits per heavy atom. The van der Waals surface area contributed by atoms with Crippen molar-refractivity contribution in [2.75, 3.05) is 31.4 Å². The van der Waals surface area contributed by atoms with Gasteiger partial charge in [0.1, 0.15) is 0 Å². The van der Waals surface area contributed by atoms with Crippen LogP contribution in [0.25, 0.3) is 0 Å². The summed E-state index contributed by atoms with van der Waals surface area (Å²) in [6.07, 6.45) is 0. The largest absolute Gasteiger partial charge is 0.395 e. The Morgan fingerprint density at radius 3 is 2.75 bits per heavy atom. The van der Waals surface area contributed by atoms with Gasteiger partial charge in [0.2, 0.25) is 0 Å². The Balaban J connectivity index is 2.10. The van der Waals surface area contributed by atoms with Crippen LogP contribution in [-0.4, -0.2) is 41.6 Å². The zero-order valence-electron chi connectivity index (χ0n) is 8.97. The highest BCUT2D eigenvalue weighted by atomic mass is 32.1. The molecule has 0 unspecified atom stereocenters. The van der Waals surface area contributed by atoms with Crippen LogP contribution in [0.3, 0.4) is 0 Å². The molecule has 1 saturated heterocycles. The first kappa shape index (κ1) is 11.3. The van der Waals surface area contributed by atoms with E-state index < -0.39 is 0 Å². The van der Waals surface area contributed by atoms with E-state index in [2.05, 4.69) is 10.2 Å². The average Bonchev–Trinajstić information content (AvgIpc) is 2.33. The molecule has 0 saturated carbocycles. The van der Waals surface area contributed by atoms with Crippen molar-refractivity contribution in [1.82, 2.24) is 10.2 Å². The molecular formula is C11H15N3OS. The maximum absolute atomic E-state index is 8.92. The van der Waals surface area contributed by atoms with Crippen molar-refractivity contribution < 1.29 is 5.11 Å². The number of anilines is 1. The molecule has 1 aromatic carbocycles. The van der Waals surface area contributed by atoms with Crippen molar-refractivity contribution in [1.29, 1.82) is 0 Å². The lowest BCUT2D eigenvalue weighted by Gasteiger charge is -2.37. The third-order valence-corrected chi connectivity index (χ3v) is 2.89. The number of rotatable bonds is 3. The Kier molecular flexibility index (Phi) is 3.71. The maximum atomic E-state index is 8.92. The number of benzene rings is 1. The molecule has 0 atom stereocenters.